The molecule has 1 radical (unpaired) electrons. The minimum Gasteiger partial charge on any atom is -0.361 e. The van der Waals surface area contributed by atoms with Gasteiger partial charge in [0.2, 0.25) is 0 Å². The lowest BCUT2D eigenvalue weighted by Crippen LogP contribution is -1.66. The van der Waals surface area contributed by atoms with Gasteiger partial charge >= 0.3 is 0 Å². The van der Waals surface area contributed by atoms with E-state index in [0.717, 1.165) is 15.9 Å². The van der Waals surface area contributed by atoms with Gasteiger partial charge in [0.05, 0.1) is 5.52 Å². The summed E-state index contributed by atoms with van der Waals surface area (Å²) in [5, 5.41) is 1.83. The van der Waals surface area contributed by atoms with Gasteiger partial charge in [0.1, 0.15) is 0 Å². The van der Waals surface area contributed by atoms with Gasteiger partial charge in [-0.2, -0.15) is 0 Å². The maximum atomic E-state index is 5.73. The second kappa shape index (κ2) is 2.03. The molecule has 1 nitrogen and oxygen atoms in total. The highest BCUT2D eigenvalue weighted by Gasteiger charge is 1.92. The van der Waals surface area contributed by atoms with Crippen LogP contribution < -0.4 is 0 Å². The molecule has 0 aliphatic rings. The molecule has 1 heterocycles. The van der Waals surface area contributed by atoms with Gasteiger partial charge in [0.25, 0.3) is 0 Å². The van der Waals surface area contributed by atoms with Crippen LogP contribution in [0, 0.1) is 6.07 Å². The van der Waals surface area contributed by atoms with E-state index < -0.39 is 0 Å². The van der Waals surface area contributed by atoms with Gasteiger partial charge in [-0.1, -0.05) is 11.6 Å². The van der Waals surface area contributed by atoms with Crippen LogP contribution in [-0.2, 0) is 0 Å². The van der Waals surface area contributed by atoms with Crippen LogP contribution in [0.5, 0.6) is 0 Å². The van der Waals surface area contributed by atoms with E-state index in [-0.39, 0.29) is 0 Å². The van der Waals surface area contributed by atoms with Crippen LogP contribution in [0.2, 0.25) is 5.02 Å². The number of benzene rings is 1. The van der Waals surface area contributed by atoms with Crippen LogP contribution in [-0.4, -0.2) is 4.98 Å². The predicted octanol–water partition coefficient (Wildman–Crippen LogP) is 2.62. The second-order valence-electron chi connectivity index (χ2n) is 2.13. The van der Waals surface area contributed by atoms with Gasteiger partial charge in [0, 0.05) is 22.7 Å². The number of aromatic nitrogens is 1. The molecule has 49 valence electrons. The fourth-order valence-corrected chi connectivity index (χ4v) is 1.13. The SMILES string of the molecule is Clc1c[c]c2[nH]ccc2c1. The maximum absolute atomic E-state index is 5.73. The molecule has 2 heteroatoms. The standard InChI is InChI=1S/C8H5ClN/c9-7-1-2-8-6(5-7)3-4-10-8/h1,3-5,10H. The van der Waals surface area contributed by atoms with Crippen molar-refractivity contribution in [1.82, 2.24) is 4.98 Å². The minimum absolute atomic E-state index is 0.729. The van der Waals surface area contributed by atoms with E-state index in [0.29, 0.717) is 0 Å². The van der Waals surface area contributed by atoms with Crippen molar-refractivity contribution in [2.45, 2.75) is 0 Å². The normalized spacial score (nSPS) is 10.5. The molecular formula is C8H5ClN. The Labute approximate surface area is 63.6 Å². The average Bonchev–Trinajstić information content (AvgIpc) is 2.33. The van der Waals surface area contributed by atoms with Gasteiger partial charge in [-0.05, 0) is 18.2 Å². The summed E-state index contributed by atoms with van der Waals surface area (Å²) in [5.74, 6) is 0. The number of nitrogens with one attached hydrogen (secondary N) is 1. The van der Waals surface area contributed by atoms with Crippen LogP contribution in [0.25, 0.3) is 10.9 Å². The second-order valence-corrected chi connectivity index (χ2v) is 2.56. The molecule has 2 aromatic rings. The van der Waals surface area contributed by atoms with Crippen LogP contribution in [0.1, 0.15) is 0 Å². The Morgan fingerprint density at radius 2 is 2.40 bits per heavy atom. The van der Waals surface area contributed by atoms with E-state index in [4.69, 9.17) is 11.6 Å². The molecule has 0 spiro atoms. The Balaban J connectivity index is 2.86. The first-order chi connectivity index (χ1) is 4.86. The third kappa shape index (κ3) is 0.792. The topological polar surface area (TPSA) is 15.8 Å². The number of H-pyrrole nitrogens is 1. The van der Waals surface area contributed by atoms with Crippen molar-refractivity contribution < 1.29 is 0 Å². The molecule has 0 unspecified atom stereocenters. The van der Waals surface area contributed by atoms with Gasteiger partial charge < -0.3 is 4.98 Å². The molecule has 2 rings (SSSR count). The molecule has 10 heavy (non-hydrogen) atoms. The van der Waals surface area contributed by atoms with E-state index in [9.17, 15) is 0 Å². The summed E-state index contributed by atoms with van der Waals surface area (Å²) < 4.78 is 0. The van der Waals surface area contributed by atoms with Crippen molar-refractivity contribution in [1.29, 1.82) is 0 Å². The number of rotatable bonds is 0. The number of halogens is 1. The molecule has 0 atom stereocenters. The third-order valence-electron chi connectivity index (χ3n) is 1.43. The van der Waals surface area contributed by atoms with Crippen molar-refractivity contribution in [3.05, 3.63) is 35.5 Å². The highest BCUT2D eigenvalue weighted by molar-refractivity contribution is 6.31. The van der Waals surface area contributed by atoms with Crippen molar-refractivity contribution >= 4 is 22.5 Å². The Bertz CT molecular complexity index is 351. The van der Waals surface area contributed by atoms with Gasteiger partial charge in [0.15, 0.2) is 0 Å². The monoisotopic (exact) mass is 150 g/mol. The van der Waals surface area contributed by atoms with Crippen molar-refractivity contribution in [3.8, 4) is 0 Å². The molecule has 0 amide bonds. The number of hydrogen-bond donors (Lipinski definition) is 1. The van der Waals surface area contributed by atoms with Crippen LogP contribution >= 0.6 is 11.6 Å². The zero-order valence-electron chi connectivity index (χ0n) is 5.19. The Morgan fingerprint density at radius 3 is 3.30 bits per heavy atom. The van der Waals surface area contributed by atoms with Crippen LogP contribution in [0.4, 0.5) is 0 Å². The highest BCUT2D eigenvalue weighted by Crippen LogP contribution is 2.16. The zero-order valence-corrected chi connectivity index (χ0v) is 5.94. The summed E-state index contributed by atoms with van der Waals surface area (Å²) in [6, 6.07) is 8.64. The quantitative estimate of drug-likeness (QED) is 0.594. The summed E-state index contributed by atoms with van der Waals surface area (Å²) in [5.41, 5.74) is 1.00. The minimum atomic E-state index is 0.729. The van der Waals surface area contributed by atoms with Crippen LogP contribution in [0.15, 0.2) is 24.4 Å². The van der Waals surface area contributed by atoms with E-state index in [1.54, 1.807) is 6.07 Å². The lowest BCUT2D eigenvalue weighted by molar-refractivity contribution is 1.47. The Hall–Kier alpha value is -0.950. The molecule has 1 aromatic heterocycles. The van der Waals surface area contributed by atoms with E-state index in [1.807, 2.05) is 18.3 Å². The fraction of sp³-hybridized carbons (Fsp3) is 0. The lowest BCUT2D eigenvalue weighted by Gasteiger charge is -1.87. The van der Waals surface area contributed by atoms with E-state index in [1.165, 1.54) is 0 Å². The largest absolute Gasteiger partial charge is 0.361 e. The number of fused-ring (bicyclic) bond motifs is 1. The first-order valence-electron chi connectivity index (χ1n) is 3.00. The molecular weight excluding hydrogens is 146 g/mol. The van der Waals surface area contributed by atoms with E-state index >= 15 is 0 Å². The van der Waals surface area contributed by atoms with Gasteiger partial charge in [-0.25, -0.2) is 0 Å². The molecule has 0 saturated carbocycles. The Morgan fingerprint density at radius 1 is 1.50 bits per heavy atom. The maximum Gasteiger partial charge on any atom is 0.0535 e. The molecule has 1 N–H and O–H groups in total. The molecule has 1 aromatic carbocycles. The molecule has 0 aliphatic heterocycles. The van der Waals surface area contributed by atoms with Gasteiger partial charge in [-0.3, -0.25) is 0 Å². The summed E-state index contributed by atoms with van der Waals surface area (Å²) >= 11 is 5.73. The average molecular weight is 151 g/mol. The van der Waals surface area contributed by atoms with Gasteiger partial charge in [-0.15, -0.1) is 0 Å². The molecule has 0 aliphatic carbocycles. The number of hydrogen-bond acceptors (Lipinski definition) is 0. The first-order valence-corrected chi connectivity index (χ1v) is 3.38. The van der Waals surface area contributed by atoms with Crippen molar-refractivity contribution in [2.24, 2.45) is 0 Å². The Kier molecular flexibility index (Phi) is 1.18. The third-order valence-corrected chi connectivity index (χ3v) is 1.65. The fourth-order valence-electron chi connectivity index (χ4n) is 0.958. The summed E-state index contributed by atoms with van der Waals surface area (Å²) in [4.78, 5) is 3.03. The predicted molar refractivity (Wildman–Crippen MR) is 42.1 cm³/mol. The smallest absolute Gasteiger partial charge is 0.0535 e. The molecule has 0 fully saturated rings. The highest BCUT2D eigenvalue weighted by atomic mass is 35.5. The zero-order chi connectivity index (χ0) is 6.97. The molecule has 0 saturated heterocycles. The van der Waals surface area contributed by atoms with Crippen molar-refractivity contribution in [2.75, 3.05) is 0 Å². The lowest BCUT2D eigenvalue weighted by atomic mass is 10.2. The summed E-state index contributed by atoms with van der Waals surface area (Å²) in [6.45, 7) is 0. The summed E-state index contributed by atoms with van der Waals surface area (Å²) in [6.07, 6.45) is 1.87. The van der Waals surface area contributed by atoms with Crippen LogP contribution in [0.3, 0.4) is 0 Å². The van der Waals surface area contributed by atoms with Crippen molar-refractivity contribution in [3.63, 3.8) is 0 Å². The summed E-state index contributed by atoms with van der Waals surface area (Å²) in [7, 11) is 0. The molecule has 0 bridgehead atoms. The number of aromatic amines is 1. The van der Waals surface area contributed by atoms with E-state index in [2.05, 4.69) is 11.1 Å². The first kappa shape index (κ1) is 5.81.